The summed E-state index contributed by atoms with van der Waals surface area (Å²) in [7, 11) is 0. The van der Waals surface area contributed by atoms with Gasteiger partial charge in [-0.3, -0.25) is 0 Å². The maximum absolute atomic E-state index is 12.6. The van der Waals surface area contributed by atoms with Gasteiger partial charge >= 0.3 is 5.97 Å². The van der Waals surface area contributed by atoms with Crippen molar-refractivity contribution in [3.05, 3.63) is 35.9 Å². The second kappa shape index (κ2) is 5.89. The van der Waals surface area contributed by atoms with Crippen LogP contribution in [0.5, 0.6) is 0 Å². The van der Waals surface area contributed by atoms with Gasteiger partial charge in [0.25, 0.3) is 0 Å². The average molecular weight is 319 g/mol. The quantitative estimate of drug-likeness (QED) is 0.833. The van der Waals surface area contributed by atoms with E-state index in [-0.39, 0.29) is 18.6 Å². The van der Waals surface area contributed by atoms with E-state index in [1.165, 1.54) is 0 Å². The van der Waals surface area contributed by atoms with Crippen molar-refractivity contribution in [3.63, 3.8) is 0 Å². The molecule has 0 radical (unpaired) electrons. The van der Waals surface area contributed by atoms with Crippen LogP contribution in [0.1, 0.15) is 51.1 Å². The summed E-state index contributed by atoms with van der Waals surface area (Å²) in [6, 6.07) is 9.36. The molecular formula is C18H25NO4. The van der Waals surface area contributed by atoms with Crippen molar-refractivity contribution in [2.75, 3.05) is 6.61 Å². The zero-order chi connectivity index (χ0) is 16.7. The number of nitrogens with zero attached hydrogens (tertiary/aromatic N) is 1. The molecule has 2 bridgehead atoms. The van der Waals surface area contributed by atoms with Crippen LogP contribution in [0.4, 0.5) is 0 Å². The molecule has 2 saturated heterocycles. The van der Waals surface area contributed by atoms with Crippen LogP contribution in [0.2, 0.25) is 0 Å². The Hall–Kier alpha value is -1.43. The van der Waals surface area contributed by atoms with Gasteiger partial charge in [-0.15, -0.1) is 0 Å². The predicted molar refractivity (Wildman–Crippen MR) is 85.2 cm³/mol. The molecule has 5 heteroatoms. The molecule has 1 aliphatic carbocycles. The Balaban J connectivity index is 2.04. The lowest BCUT2D eigenvalue weighted by molar-refractivity contribution is -0.318. The van der Waals surface area contributed by atoms with E-state index in [9.17, 15) is 15.0 Å². The molecule has 2 N–H and O–H groups in total. The van der Waals surface area contributed by atoms with E-state index in [1.807, 2.05) is 37.3 Å². The second-order valence-corrected chi connectivity index (χ2v) is 6.66. The number of carbonyl (C=O) groups is 1. The number of ether oxygens (including phenoxy) is 1. The Morgan fingerprint density at radius 3 is 2.48 bits per heavy atom. The maximum Gasteiger partial charge on any atom is 0.354 e. The highest BCUT2D eigenvalue weighted by molar-refractivity contribution is 5.80. The number of hydrogen-bond donors (Lipinski definition) is 2. The summed E-state index contributed by atoms with van der Waals surface area (Å²) >= 11 is 0. The van der Waals surface area contributed by atoms with Crippen LogP contribution < -0.4 is 0 Å². The smallest absolute Gasteiger partial charge is 0.354 e. The van der Waals surface area contributed by atoms with Gasteiger partial charge in [-0.1, -0.05) is 30.3 Å². The molecule has 2 aliphatic heterocycles. The monoisotopic (exact) mass is 319 g/mol. The minimum absolute atomic E-state index is 0.207. The lowest BCUT2D eigenvalue weighted by Gasteiger charge is -2.60. The highest BCUT2D eigenvalue weighted by atomic mass is 16.6. The van der Waals surface area contributed by atoms with Gasteiger partial charge in [0, 0.05) is 12.0 Å². The summed E-state index contributed by atoms with van der Waals surface area (Å²) in [6.07, 6.45) is 2.39. The molecule has 1 aromatic rings. The zero-order valence-corrected chi connectivity index (χ0v) is 13.7. The summed E-state index contributed by atoms with van der Waals surface area (Å²) in [4.78, 5) is 14.2. The van der Waals surface area contributed by atoms with E-state index in [0.29, 0.717) is 25.7 Å². The Morgan fingerprint density at radius 2 is 1.91 bits per heavy atom. The van der Waals surface area contributed by atoms with E-state index in [0.717, 1.165) is 5.56 Å². The van der Waals surface area contributed by atoms with Crippen LogP contribution in [-0.4, -0.2) is 39.1 Å². The highest BCUT2D eigenvalue weighted by Crippen LogP contribution is 2.53. The summed E-state index contributed by atoms with van der Waals surface area (Å²) in [5.74, 6) is -0.854. The van der Waals surface area contributed by atoms with Gasteiger partial charge in [-0.05, 0) is 45.1 Å². The Bertz CT molecular complexity index is 568. The SMILES string of the molecule is CCOC(=O)[C@]1(O)C2CCC(O)(CC2)N1[C@@H](C)c1ccccc1. The summed E-state index contributed by atoms with van der Waals surface area (Å²) in [6.45, 7) is 3.85. The van der Waals surface area contributed by atoms with Gasteiger partial charge in [0.1, 0.15) is 5.72 Å². The number of carbonyl (C=O) groups excluding carboxylic acids is 1. The Kier molecular flexibility index (Phi) is 4.21. The van der Waals surface area contributed by atoms with Gasteiger partial charge in [0.05, 0.1) is 6.61 Å². The van der Waals surface area contributed by atoms with Crippen LogP contribution >= 0.6 is 0 Å². The number of benzene rings is 1. The van der Waals surface area contributed by atoms with Crippen LogP contribution in [0, 0.1) is 5.92 Å². The lowest BCUT2D eigenvalue weighted by Crippen LogP contribution is -2.74. The molecule has 0 unspecified atom stereocenters. The first-order valence-electron chi connectivity index (χ1n) is 8.40. The van der Waals surface area contributed by atoms with E-state index >= 15 is 0 Å². The van der Waals surface area contributed by atoms with Gasteiger partial charge in [0.15, 0.2) is 0 Å². The Morgan fingerprint density at radius 1 is 1.30 bits per heavy atom. The first kappa shape index (κ1) is 16.4. The molecule has 0 amide bonds. The third-order valence-corrected chi connectivity index (χ3v) is 5.42. The molecule has 5 nitrogen and oxygen atoms in total. The van der Waals surface area contributed by atoms with Crippen molar-refractivity contribution < 1.29 is 19.7 Å². The number of rotatable bonds is 4. The summed E-state index contributed by atoms with van der Waals surface area (Å²) in [5, 5.41) is 22.4. The van der Waals surface area contributed by atoms with E-state index in [2.05, 4.69) is 0 Å². The molecule has 4 rings (SSSR count). The standard InChI is InChI=1S/C18H25NO4/c1-3-23-16(20)18(22)15-9-11-17(21,12-10-15)19(18)13(2)14-7-5-4-6-8-14/h4-8,13,15,21-22H,3,9-12H2,1-2H3/t13-,15?,17?,18+/m0/s1. The van der Waals surface area contributed by atoms with Gasteiger partial charge in [0.2, 0.25) is 5.72 Å². The topological polar surface area (TPSA) is 70.0 Å². The first-order chi connectivity index (χ1) is 10.9. The molecule has 2 heterocycles. The predicted octanol–water partition coefficient (Wildman–Crippen LogP) is 2.19. The molecule has 0 aromatic heterocycles. The molecule has 1 saturated carbocycles. The normalized spacial score (nSPS) is 35.0. The fourth-order valence-electron chi connectivity index (χ4n) is 4.28. The molecule has 2 atom stereocenters. The molecular weight excluding hydrogens is 294 g/mol. The van der Waals surface area contributed by atoms with Crippen LogP contribution in [0.3, 0.4) is 0 Å². The minimum Gasteiger partial charge on any atom is -0.463 e. The first-order valence-corrected chi connectivity index (χ1v) is 8.40. The third-order valence-electron chi connectivity index (χ3n) is 5.42. The zero-order valence-electron chi connectivity index (χ0n) is 13.7. The molecule has 0 spiro atoms. The van der Waals surface area contributed by atoms with Crippen molar-refractivity contribution in [2.45, 2.75) is 57.0 Å². The van der Waals surface area contributed by atoms with Crippen LogP contribution in [0.15, 0.2) is 30.3 Å². The fourth-order valence-corrected chi connectivity index (χ4v) is 4.28. The maximum atomic E-state index is 12.6. The minimum atomic E-state index is -1.77. The second-order valence-electron chi connectivity index (χ2n) is 6.66. The average Bonchev–Trinajstić information content (AvgIpc) is 2.55. The molecule has 3 fully saturated rings. The highest BCUT2D eigenvalue weighted by Gasteiger charge is 2.64. The largest absolute Gasteiger partial charge is 0.463 e. The van der Waals surface area contributed by atoms with E-state index in [1.54, 1.807) is 11.8 Å². The number of hydrogen-bond acceptors (Lipinski definition) is 5. The Labute approximate surface area is 136 Å². The van der Waals surface area contributed by atoms with E-state index < -0.39 is 17.4 Å². The molecule has 23 heavy (non-hydrogen) atoms. The van der Waals surface area contributed by atoms with Gasteiger partial charge in [-0.25, -0.2) is 9.69 Å². The number of fused-ring (bicyclic) bond motifs is 3. The van der Waals surface area contributed by atoms with Crippen molar-refractivity contribution in [3.8, 4) is 0 Å². The molecule has 1 aromatic carbocycles. The van der Waals surface area contributed by atoms with Crippen molar-refractivity contribution >= 4 is 5.97 Å². The lowest BCUT2D eigenvalue weighted by atomic mass is 9.69. The third kappa shape index (κ3) is 2.47. The molecule has 126 valence electrons. The summed E-state index contributed by atoms with van der Waals surface area (Å²) in [5.41, 5.74) is -1.99. The van der Waals surface area contributed by atoms with Gasteiger partial charge in [-0.2, -0.15) is 0 Å². The van der Waals surface area contributed by atoms with Crippen LogP contribution in [-0.2, 0) is 9.53 Å². The van der Waals surface area contributed by atoms with Crippen molar-refractivity contribution in [1.29, 1.82) is 0 Å². The van der Waals surface area contributed by atoms with Crippen LogP contribution in [0.25, 0.3) is 0 Å². The fraction of sp³-hybridized carbons (Fsp3) is 0.611. The number of piperidine rings is 2. The van der Waals surface area contributed by atoms with E-state index in [4.69, 9.17) is 4.74 Å². The number of esters is 1. The summed E-state index contributed by atoms with van der Waals surface area (Å²) < 4.78 is 5.16. The van der Waals surface area contributed by atoms with Crippen molar-refractivity contribution in [2.24, 2.45) is 5.92 Å². The number of aliphatic hydroxyl groups is 2. The van der Waals surface area contributed by atoms with Gasteiger partial charge < -0.3 is 14.9 Å². The molecule has 3 aliphatic rings. The van der Waals surface area contributed by atoms with Crippen molar-refractivity contribution in [1.82, 2.24) is 4.90 Å².